The second-order valence-corrected chi connectivity index (χ2v) is 7.18. The molecule has 0 atom stereocenters. The Morgan fingerprint density at radius 1 is 0.852 bits per heavy atom. The normalized spacial score (nSPS) is 12.3. The number of aromatic nitrogens is 1. The summed E-state index contributed by atoms with van der Waals surface area (Å²) in [7, 11) is 0. The van der Waals surface area contributed by atoms with Crippen LogP contribution >= 0.6 is 34.8 Å². The molecule has 0 aliphatic heterocycles. The topological polar surface area (TPSA) is 37.6 Å². The smallest absolute Gasteiger partial charge is 0.0909 e. The Hall–Kier alpha value is -2.20. The molecule has 0 spiro atoms. The maximum Gasteiger partial charge on any atom is 0.0909 e. The van der Waals surface area contributed by atoms with E-state index in [0.29, 0.717) is 26.4 Å². The summed E-state index contributed by atoms with van der Waals surface area (Å²) in [6, 6.07) is 14.6. The highest BCUT2D eigenvalue weighted by molar-refractivity contribution is 6.35. The number of hydrogen-bond donors (Lipinski definition) is 0. The van der Waals surface area contributed by atoms with E-state index in [1.54, 1.807) is 30.6 Å². The molecular weight excluding hydrogens is 401 g/mol. The van der Waals surface area contributed by atoms with Gasteiger partial charge in [0.25, 0.3) is 0 Å². The summed E-state index contributed by atoms with van der Waals surface area (Å²) in [5.41, 5.74) is 4.67. The SMILES string of the molecule is CC(=Nc1c(Cl)cccc1C(C)=Nc1cc(Cl)cc(Cl)c1)c1cccnc1. The Kier molecular flexibility index (Phi) is 6.27. The van der Waals surface area contributed by atoms with Gasteiger partial charge in [-0.2, -0.15) is 0 Å². The quantitative estimate of drug-likeness (QED) is 0.410. The molecule has 0 N–H and O–H groups in total. The number of halogens is 3. The molecule has 0 aliphatic carbocycles. The van der Waals surface area contributed by atoms with Gasteiger partial charge in [0.05, 0.1) is 16.4 Å². The van der Waals surface area contributed by atoms with Crippen LogP contribution < -0.4 is 0 Å². The van der Waals surface area contributed by atoms with Crippen LogP contribution in [0.25, 0.3) is 0 Å². The molecule has 0 amide bonds. The summed E-state index contributed by atoms with van der Waals surface area (Å²) in [6.07, 6.45) is 3.49. The number of hydrogen-bond acceptors (Lipinski definition) is 3. The Bertz CT molecular complexity index is 1010. The van der Waals surface area contributed by atoms with Gasteiger partial charge in [-0.3, -0.25) is 15.0 Å². The second kappa shape index (κ2) is 8.66. The van der Waals surface area contributed by atoms with Gasteiger partial charge in [0.2, 0.25) is 0 Å². The van der Waals surface area contributed by atoms with Gasteiger partial charge in [-0.15, -0.1) is 0 Å². The van der Waals surface area contributed by atoms with E-state index in [9.17, 15) is 0 Å². The Morgan fingerprint density at radius 3 is 2.26 bits per heavy atom. The van der Waals surface area contributed by atoms with Gasteiger partial charge in [-0.25, -0.2) is 0 Å². The van der Waals surface area contributed by atoms with E-state index in [2.05, 4.69) is 9.98 Å². The fourth-order valence-electron chi connectivity index (χ4n) is 2.59. The van der Waals surface area contributed by atoms with E-state index >= 15 is 0 Å². The molecule has 0 saturated heterocycles. The lowest BCUT2D eigenvalue weighted by atomic mass is 10.1. The summed E-state index contributed by atoms with van der Waals surface area (Å²) >= 11 is 18.6. The number of para-hydroxylation sites is 1. The number of rotatable bonds is 4. The molecular formula is C21H16Cl3N3. The zero-order valence-electron chi connectivity index (χ0n) is 14.7. The van der Waals surface area contributed by atoms with Crippen molar-refractivity contribution in [2.45, 2.75) is 13.8 Å². The van der Waals surface area contributed by atoms with Crippen LogP contribution in [0.15, 0.2) is 70.9 Å². The van der Waals surface area contributed by atoms with E-state index < -0.39 is 0 Å². The Labute approximate surface area is 173 Å². The van der Waals surface area contributed by atoms with Crippen molar-refractivity contribution in [2.75, 3.05) is 0 Å². The third kappa shape index (κ3) is 4.95. The monoisotopic (exact) mass is 415 g/mol. The summed E-state index contributed by atoms with van der Waals surface area (Å²) < 4.78 is 0. The van der Waals surface area contributed by atoms with Gasteiger partial charge in [0, 0.05) is 45.0 Å². The Morgan fingerprint density at radius 2 is 1.59 bits per heavy atom. The van der Waals surface area contributed by atoms with Gasteiger partial charge in [-0.1, -0.05) is 53.0 Å². The van der Waals surface area contributed by atoms with E-state index in [1.807, 2.05) is 44.2 Å². The van der Waals surface area contributed by atoms with Crippen LogP contribution in [0.4, 0.5) is 11.4 Å². The molecule has 3 aromatic rings. The molecule has 2 aromatic carbocycles. The van der Waals surface area contributed by atoms with Crippen molar-refractivity contribution >= 4 is 57.6 Å². The zero-order chi connectivity index (χ0) is 19.4. The van der Waals surface area contributed by atoms with Crippen LogP contribution in [-0.2, 0) is 0 Å². The minimum atomic E-state index is 0.533. The first-order valence-electron chi connectivity index (χ1n) is 8.20. The lowest BCUT2D eigenvalue weighted by molar-refractivity contribution is 1.31. The molecule has 0 fully saturated rings. The molecule has 0 aliphatic rings. The number of pyridine rings is 1. The number of nitrogens with zero attached hydrogens (tertiary/aromatic N) is 3. The predicted molar refractivity (Wildman–Crippen MR) is 116 cm³/mol. The maximum atomic E-state index is 6.44. The summed E-state index contributed by atoms with van der Waals surface area (Å²) in [4.78, 5) is 13.5. The number of benzene rings is 2. The molecule has 1 heterocycles. The van der Waals surface area contributed by atoms with Crippen LogP contribution in [0.5, 0.6) is 0 Å². The predicted octanol–water partition coefficient (Wildman–Crippen LogP) is 7.32. The molecule has 1 aromatic heterocycles. The summed E-state index contributed by atoms with van der Waals surface area (Å²) in [5, 5.41) is 1.62. The summed E-state index contributed by atoms with van der Waals surface area (Å²) in [6.45, 7) is 3.83. The van der Waals surface area contributed by atoms with Crippen molar-refractivity contribution in [1.29, 1.82) is 0 Å². The average molecular weight is 417 g/mol. The highest BCUT2D eigenvalue weighted by atomic mass is 35.5. The zero-order valence-corrected chi connectivity index (χ0v) is 17.0. The number of aliphatic imine (C=N–C) groups is 2. The van der Waals surface area contributed by atoms with Crippen LogP contribution in [0.1, 0.15) is 25.0 Å². The molecule has 0 saturated carbocycles. The van der Waals surface area contributed by atoms with Crippen LogP contribution in [0.3, 0.4) is 0 Å². The lowest BCUT2D eigenvalue weighted by Crippen LogP contribution is -1.99. The Balaban J connectivity index is 2.06. The van der Waals surface area contributed by atoms with E-state index in [0.717, 1.165) is 22.6 Å². The molecule has 3 nitrogen and oxygen atoms in total. The fourth-order valence-corrected chi connectivity index (χ4v) is 3.32. The van der Waals surface area contributed by atoms with Crippen LogP contribution in [0.2, 0.25) is 15.1 Å². The van der Waals surface area contributed by atoms with E-state index in [1.165, 1.54) is 0 Å². The molecule has 0 radical (unpaired) electrons. The molecule has 6 heteroatoms. The maximum absolute atomic E-state index is 6.44. The van der Waals surface area contributed by atoms with E-state index in [4.69, 9.17) is 39.8 Å². The van der Waals surface area contributed by atoms with Crippen molar-refractivity contribution in [3.8, 4) is 0 Å². The minimum Gasteiger partial charge on any atom is -0.264 e. The first-order valence-corrected chi connectivity index (χ1v) is 9.33. The highest BCUT2D eigenvalue weighted by Crippen LogP contribution is 2.32. The second-order valence-electron chi connectivity index (χ2n) is 5.90. The van der Waals surface area contributed by atoms with Crippen molar-refractivity contribution in [3.63, 3.8) is 0 Å². The van der Waals surface area contributed by atoms with Gasteiger partial charge in [-0.05, 0) is 44.2 Å². The lowest BCUT2D eigenvalue weighted by Gasteiger charge is -2.09. The largest absolute Gasteiger partial charge is 0.264 e. The molecule has 0 bridgehead atoms. The third-order valence-electron chi connectivity index (χ3n) is 3.88. The molecule has 136 valence electrons. The average Bonchev–Trinajstić information content (AvgIpc) is 2.63. The van der Waals surface area contributed by atoms with Crippen LogP contribution in [0, 0.1) is 0 Å². The van der Waals surface area contributed by atoms with Gasteiger partial charge < -0.3 is 0 Å². The van der Waals surface area contributed by atoms with Gasteiger partial charge >= 0.3 is 0 Å². The van der Waals surface area contributed by atoms with Crippen LogP contribution in [-0.4, -0.2) is 16.4 Å². The molecule has 0 unspecified atom stereocenters. The first kappa shape index (κ1) is 19.6. The van der Waals surface area contributed by atoms with Crippen molar-refractivity contribution in [2.24, 2.45) is 9.98 Å². The molecule has 27 heavy (non-hydrogen) atoms. The summed E-state index contributed by atoms with van der Waals surface area (Å²) in [5.74, 6) is 0. The van der Waals surface area contributed by atoms with Crippen molar-refractivity contribution in [3.05, 3.63) is 87.1 Å². The fraction of sp³-hybridized carbons (Fsp3) is 0.0952. The van der Waals surface area contributed by atoms with E-state index in [-0.39, 0.29) is 0 Å². The standard InChI is InChI=1S/C21H16Cl3N3/c1-13(15-5-4-8-25-12-15)27-21-19(6-3-7-20(21)24)14(2)26-18-10-16(22)9-17(23)11-18/h3-12H,1-2H3. The van der Waals surface area contributed by atoms with Gasteiger partial charge in [0.15, 0.2) is 0 Å². The van der Waals surface area contributed by atoms with Crippen molar-refractivity contribution in [1.82, 2.24) is 4.98 Å². The first-order chi connectivity index (χ1) is 12.9. The molecule has 3 rings (SSSR count). The highest BCUT2D eigenvalue weighted by Gasteiger charge is 2.11. The minimum absolute atomic E-state index is 0.533. The van der Waals surface area contributed by atoms with Gasteiger partial charge in [0.1, 0.15) is 0 Å². The van der Waals surface area contributed by atoms with Crippen molar-refractivity contribution < 1.29 is 0 Å². The third-order valence-corrected chi connectivity index (χ3v) is 4.62.